The Kier molecular flexibility index (Phi) is 2.76. The summed E-state index contributed by atoms with van der Waals surface area (Å²) in [4.78, 5) is 0. The Labute approximate surface area is 95.5 Å². The van der Waals surface area contributed by atoms with Crippen LogP contribution in [0, 0.1) is 5.92 Å². The van der Waals surface area contributed by atoms with Gasteiger partial charge in [0.15, 0.2) is 0 Å². The standard InChI is InChI=1S/C11H14N2O.ClH/c12-8-1-2-10-9(5-8)11-7(6-13-10)3-4-14-11;/h1-2,5,7,10,13H,3-4,6,12H2;1H. The number of nitrogens with two attached hydrogens (primary N) is 1. The van der Waals surface area contributed by atoms with Crippen molar-refractivity contribution in [1.82, 2.24) is 5.32 Å². The van der Waals surface area contributed by atoms with Gasteiger partial charge in [-0.2, -0.15) is 0 Å². The normalized spacial score (nSPS) is 32.4. The maximum absolute atomic E-state index is 5.78. The number of rotatable bonds is 0. The Balaban J connectivity index is 0.000000853. The van der Waals surface area contributed by atoms with Crippen LogP contribution < -0.4 is 11.1 Å². The summed E-state index contributed by atoms with van der Waals surface area (Å²) in [6.07, 6.45) is 7.23. The number of hydrogen-bond donors (Lipinski definition) is 2. The summed E-state index contributed by atoms with van der Waals surface area (Å²) in [5.41, 5.74) is 7.84. The molecule has 0 spiro atoms. The highest BCUT2D eigenvalue weighted by molar-refractivity contribution is 5.85. The zero-order valence-electron chi connectivity index (χ0n) is 8.40. The lowest BCUT2D eigenvalue weighted by Crippen LogP contribution is -2.39. The molecule has 0 radical (unpaired) electrons. The quantitative estimate of drug-likeness (QED) is 0.650. The predicted molar refractivity (Wildman–Crippen MR) is 61.5 cm³/mol. The number of nitrogens with one attached hydrogen (secondary N) is 1. The summed E-state index contributed by atoms with van der Waals surface area (Å²) in [6.45, 7) is 1.89. The molecule has 0 aromatic heterocycles. The molecule has 2 aliphatic heterocycles. The van der Waals surface area contributed by atoms with Gasteiger partial charge < -0.3 is 15.8 Å². The van der Waals surface area contributed by atoms with E-state index in [9.17, 15) is 0 Å². The average molecular weight is 227 g/mol. The third kappa shape index (κ3) is 1.66. The summed E-state index contributed by atoms with van der Waals surface area (Å²) in [6, 6.07) is 0.312. The average Bonchev–Trinajstić information content (AvgIpc) is 2.65. The molecule has 2 atom stereocenters. The Morgan fingerprint density at radius 2 is 2.33 bits per heavy atom. The molecule has 2 heterocycles. The van der Waals surface area contributed by atoms with Crippen molar-refractivity contribution in [3.8, 4) is 0 Å². The second-order valence-electron chi connectivity index (χ2n) is 4.04. The van der Waals surface area contributed by atoms with Crippen molar-refractivity contribution >= 4 is 12.4 Å². The van der Waals surface area contributed by atoms with Gasteiger partial charge in [-0.15, -0.1) is 12.4 Å². The molecular formula is C11H15ClN2O. The number of ether oxygens (including phenoxy) is 1. The van der Waals surface area contributed by atoms with E-state index in [-0.39, 0.29) is 12.4 Å². The second kappa shape index (κ2) is 3.91. The summed E-state index contributed by atoms with van der Waals surface area (Å²) < 4.78 is 5.68. The first kappa shape index (κ1) is 10.6. The van der Waals surface area contributed by atoms with Crippen LogP contribution in [-0.4, -0.2) is 19.2 Å². The van der Waals surface area contributed by atoms with Gasteiger partial charge in [-0.05, 0) is 18.6 Å². The van der Waals surface area contributed by atoms with Gasteiger partial charge in [-0.3, -0.25) is 0 Å². The lowest BCUT2D eigenvalue weighted by Gasteiger charge is -2.29. The Morgan fingerprint density at radius 1 is 1.47 bits per heavy atom. The van der Waals surface area contributed by atoms with Crippen molar-refractivity contribution in [2.75, 3.05) is 13.2 Å². The highest BCUT2D eigenvalue weighted by Gasteiger charge is 2.33. The third-order valence-corrected chi connectivity index (χ3v) is 3.10. The summed E-state index contributed by atoms with van der Waals surface area (Å²) >= 11 is 0. The van der Waals surface area contributed by atoms with Crippen molar-refractivity contribution in [2.24, 2.45) is 11.7 Å². The topological polar surface area (TPSA) is 47.3 Å². The molecular weight excluding hydrogens is 212 g/mol. The number of hydrogen-bond acceptors (Lipinski definition) is 3. The molecule has 82 valence electrons. The molecule has 4 heteroatoms. The van der Waals surface area contributed by atoms with E-state index in [0.29, 0.717) is 12.0 Å². The van der Waals surface area contributed by atoms with E-state index in [4.69, 9.17) is 10.5 Å². The van der Waals surface area contributed by atoms with Crippen LogP contribution in [0.1, 0.15) is 6.42 Å². The van der Waals surface area contributed by atoms with Crippen LogP contribution in [0.4, 0.5) is 0 Å². The van der Waals surface area contributed by atoms with Crippen LogP contribution in [0.5, 0.6) is 0 Å². The van der Waals surface area contributed by atoms with Gasteiger partial charge in [0.1, 0.15) is 5.76 Å². The molecule has 3 N–H and O–H groups in total. The molecule has 3 nitrogen and oxygen atoms in total. The van der Waals surface area contributed by atoms with E-state index >= 15 is 0 Å². The molecule has 3 aliphatic rings. The van der Waals surface area contributed by atoms with Crippen LogP contribution in [-0.2, 0) is 4.74 Å². The second-order valence-corrected chi connectivity index (χ2v) is 4.04. The molecule has 0 bridgehead atoms. The minimum absolute atomic E-state index is 0. The van der Waals surface area contributed by atoms with Gasteiger partial charge in [-0.1, -0.05) is 6.08 Å². The van der Waals surface area contributed by atoms with Crippen LogP contribution >= 0.6 is 12.4 Å². The van der Waals surface area contributed by atoms with Gasteiger partial charge in [0.2, 0.25) is 0 Å². The largest absolute Gasteiger partial charge is 0.497 e. The highest BCUT2D eigenvalue weighted by Crippen LogP contribution is 2.34. The number of halogens is 1. The summed E-state index contributed by atoms with van der Waals surface area (Å²) in [7, 11) is 0. The smallest absolute Gasteiger partial charge is 0.106 e. The molecule has 2 unspecified atom stereocenters. The first-order valence-electron chi connectivity index (χ1n) is 5.10. The van der Waals surface area contributed by atoms with Crippen molar-refractivity contribution < 1.29 is 4.74 Å². The zero-order valence-corrected chi connectivity index (χ0v) is 9.22. The lowest BCUT2D eigenvalue weighted by atomic mass is 9.89. The lowest BCUT2D eigenvalue weighted by molar-refractivity contribution is 0.248. The zero-order chi connectivity index (χ0) is 9.54. The van der Waals surface area contributed by atoms with Crippen molar-refractivity contribution in [2.45, 2.75) is 12.5 Å². The molecule has 3 rings (SSSR count). The SMILES string of the molecule is Cl.NC1=CC2=C3OCCC3CNC2C=C1. The monoisotopic (exact) mass is 226 g/mol. The van der Waals surface area contributed by atoms with Crippen LogP contribution in [0.2, 0.25) is 0 Å². The van der Waals surface area contributed by atoms with Crippen LogP contribution in [0.3, 0.4) is 0 Å². The summed E-state index contributed by atoms with van der Waals surface area (Å²) in [5, 5.41) is 3.49. The number of fused-ring (bicyclic) bond motifs is 2. The van der Waals surface area contributed by atoms with E-state index in [0.717, 1.165) is 25.3 Å². The Hall–Kier alpha value is -0.930. The minimum Gasteiger partial charge on any atom is -0.497 e. The fraction of sp³-hybridized carbons (Fsp3) is 0.455. The molecule has 0 amide bonds. The molecule has 15 heavy (non-hydrogen) atoms. The van der Waals surface area contributed by atoms with E-state index in [1.807, 2.05) is 12.2 Å². The summed E-state index contributed by atoms with van der Waals surface area (Å²) in [5.74, 6) is 1.73. The van der Waals surface area contributed by atoms with E-state index < -0.39 is 0 Å². The first-order chi connectivity index (χ1) is 6.84. The first-order valence-corrected chi connectivity index (χ1v) is 5.10. The van der Waals surface area contributed by atoms with Crippen molar-refractivity contribution in [3.05, 3.63) is 35.3 Å². The third-order valence-electron chi connectivity index (χ3n) is 3.10. The molecule has 0 aromatic carbocycles. The van der Waals surface area contributed by atoms with Gasteiger partial charge in [0, 0.05) is 23.7 Å². The predicted octanol–water partition coefficient (Wildman–Crippen LogP) is 1.08. The molecule has 1 fully saturated rings. The molecule has 1 saturated heterocycles. The number of allylic oxidation sites excluding steroid dienone is 1. The van der Waals surface area contributed by atoms with Gasteiger partial charge >= 0.3 is 0 Å². The molecule has 1 aliphatic carbocycles. The fourth-order valence-corrected chi connectivity index (χ4v) is 2.37. The van der Waals surface area contributed by atoms with Crippen LogP contribution in [0.15, 0.2) is 35.3 Å². The minimum atomic E-state index is 0. The van der Waals surface area contributed by atoms with Gasteiger partial charge in [0.05, 0.1) is 12.6 Å². The maximum Gasteiger partial charge on any atom is 0.106 e. The Bertz CT molecular complexity index is 360. The van der Waals surface area contributed by atoms with Gasteiger partial charge in [-0.25, -0.2) is 0 Å². The van der Waals surface area contributed by atoms with Gasteiger partial charge in [0.25, 0.3) is 0 Å². The van der Waals surface area contributed by atoms with E-state index in [1.165, 1.54) is 11.3 Å². The van der Waals surface area contributed by atoms with E-state index in [2.05, 4.69) is 11.4 Å². The van der Waals surface area contributed by atoms with Crippen molar-refractivity contribution in [1.29, 1.82) is 0 Å². The molecule has 0 aromatic rings. The Morgan fingerprint density at radius 3 is 3.20 bits per heavy atom. The van der Waals surface area contributed by atoms with E-state index in [1.54, 1.807) is 0 Å². The van der Waals surface area contributed by atoms with Crippen LogP contribution in [0.25, 0.3) is 0 Å². The fourth-order valence-electron chi connectivity index (χ4n) is 2.37. The molecule has 0 saturated carbocycles. The van der Waals surface area contributed by atoms with Crippen molar-refractivity contribution in [3.63, 3.8) is 0 Å². The highest BCUT2D eigenvalue weighted by atomic mass is 35.5. The maximum atomic E-state index is 5.78.